The lowest BCUT2D eigenvalue weighted by Gasteiger charge is -2.18. The summed E-state index contributed by atoms with van der Waals surface area (Å²) in [5, 5.41) is 3.54. The van der Waals surface area contributed by atoms with E-state index in [2.05, 4.69) is 50.4 Å². The minimum Gasteiger partial charge on any atom is -0.493 e. The quantitative estimate of drug-likeness (QED) is 0.826. The summed E-state index contributed by atoms with van der Waals surface area (Å²) in [7, 11) is 0. The zero-order chi connectivity index (χ0) is 14.4. The van der Waals surface area contributed by atoms with Crippen LogP contribution < -0.4 is 10.1 Å². The first-order valence-corrected chi connectivity index (χ1v) is 7.73. The van der Waals surface area contributed by atoms with Crippen molar-refractivity contribution in [2.45, 2.75) is 45.8 Å². The van der Waals surface area contributed by atoms with Crippen LogP contribution in [-0.4, -0.2) is 25.9 Å². The van der Waals surface area contributed by atoms with Gasteiger partial charge in [0.05, 0.1) is 12.7 Å². The number of nitrogens with one attached hydrogen (secondary N) is 1. The van der Waals surface area contributed by atoms with Crippen LogP contribution in [0.4, 0.5) is 0 Å². The lowest BCUT2D eigenvalue weighted by molar-refractivity contribution is 0.108. The van der Waals surface area contributed by atoms with Gasteiger partial charge in [0.25, 0.3) is 0 Å². The number of ether oxygens (including phenoxy) is 2. The zero-order valence-electron chi connectivity index (χ0n) is 12.9. The molecule has 0 aliphatic carbocycles. The van der Waals surface area contributed by atoms with Crippen molar-refractivity contribution in [3.63, 3.8) is 0 Å². The number of hydrogen-bond acceptors (Lipinski definition) is 3. The van der Waals surface area contributed by atoms with Gasteiger partial charge in [-0.15, -0.1) is 0 Å². The van der Waals surface area contributed by atoms with E-state index >= 15 is 0 Å². The molecule has 3 heteroatoms. The average Bonchev–Trinajstić information content (AvgIpc) is 2.96. The van der Waals surface area contributed by atoms with Crippen molar-refractivity contribution < 1.29 is 9.47 Å². The van der Waals surface area contributed by atoms with E-state index in [1.54, 1.807) is 0 Å². The van der Waals surface area contributed by atoms with Gasteiger partial charge in [0.1, 0.15) is 5.75 Å². The van der Waals surface area contributed by atoms with E-state index in [9.17, 15) is 0 Å². The maximum Gasteiger partial charge on any atom is 0.119 e. The third-order valence-corrected chi connectivity index (χ3v) is 3.64. The highest BCUT2D eigenvalue weighted by atomic mass is 16.5. The third kappa shape index (κ3) is 4.80. The fourth-order valence-electron chi connectivity index (χ4n) is 2.35. The minimum atomic E-state index is 0.346. The number of rotatable bonds is 7. The molecule has 1 heterocycles. The molecule has 112 valence electrons. The van der Waals surface area contributed by atoms with Gasteiger partial charge in [-0.1, -0.05) is 26.0 Å². The van der Waals surface area contributed by atoms with Gasteiger partial charge in [-0.25, -0.2) is 0 Å². The van der Waals surface area contributed by atoms with Gasteiger partial charge < -0.3 is 14.8 Å². The van der Waals surface area contributed by atoms with Crippen LogP contribution in [0.2, 0.25) is 0 Å². The molecule has 1 aromatic carbocycles. The third-order valence-electron chi connectivity index (χ3n) is 3.64. The Hall–Kier alpha value is -1.06. The van der Waals surface area contributed by atoms with Gasteiger partial charge in [-0.2, -0.15) is 0 Å². The Balaban J connectivity index is 1.78. The first kappa shape index (κ1) is 15.3. The summed E-state index contributed by atoms with van der Waals surface area (Å²) >= 11 is 0. The molecule has 20 heavy (non-hydrogen) atoms. The first-order valence-electron chi connectivity index (χ1n) is 7.73. The van der Waals surface area contributed by atoms with E-state index in [1.165, 1.54) is 18.4 Å². The molecule has 3 nitrogen and oxygen atoms in total. The van der Waals surface area contributed by atoms with Gasteiger partial charge in [-0.05, 0) is 43.4 Å². The maximum atomic E-state index is 5.70. The fourth-order valence-corrected chi connectivity index (χ4v) is 2.35. The molecule has 1 aliphatic rings. The Labute approximate surface area is 122 Å². The van der Waals surface area contributed by atoms with E-state index in [4.69, 9.17) is 9.47 Å². The van der Waals surface area contributed by atoms with E-state index in [-0.39, 0.29) is 0 Å². The Morgan fingerprint density at radius 3 is 2.60 bits per heavy atom. The van der Waals surface area contributed by atoms with Crippen LogP contribution in [-0.2, 0) is 4.74 Å². The number of hydrogen-bond donors (Lipinski definition) is 1. The average molecular weight is 277 g/mol. The molecule has 0 saturated carbocycles. The lowest BCUT2D eigenvalue weighted by Crippen LogP contribution is -2.28. The van der Waals surface area contributed by atoms with Crippen molar-refractivity contribution in [1.82, 2.24) is 5.32 Å². The van der Waals surface area contributed by atoms with Crippen LogP contribution in [0.1, 0.15) is 45.2 Å². The summed E-state index contributed by atoms with van der Waals surface area (Å²) in [6, 6.07) is 8.74. The topological polar surface area (TPSA) is 30.5 Å². The molecule has 1 fully saturated rings. The zero-order valence-corrected chi connectivity index (χ0v) is 12.9. The Bertz CT molecular complexity index is 382. The molecule has 0 amide bonds. The smallest absolute Gasteiger partial charge is 0.119 e. The molecule has 0 bridgehead atoms. The van der Waals surface area contributed by atoms with Gasteiger partial charge in [0.2, 0.25) is 0 Å². The van der Waals surface area contributed by atoms with Crippen molar-refractivity contribution in [3.05, 3.63) is 29.8 Å². The van der Waals surface area contributed by atoms with Crippen molar-refractivity contribution in [2.24, 2.45) is 5.92 Å². The maximum absolute atomic E-state index is 5.70. The van der Waals surface area contributed by atoms with Gasteiger partial charge >= 0.3 is 0 Å². The Morgan fingerprint density at radius 1 is 1.25 bits per heavy atom. The summed E-state index contributed by atoms with van der Waals surface area (Å²) < 4.78 is 11.3. The molecule has 1 N–H and O–H groups in total. The van der Waals surface area contributed by atoms with E-state index in [0.29, 0.717) is 18.1 Å². The van der Waals surface area contributed by atoms with Crippen LogP contribution >= 0.6 is 0 Å². The standard InChI is InChI=1S/C17H27NO2/c1-13(2)12-20-16-8-6-15(7-9-16)14(3)18-11-17-5-4-10-19-17/h6-9,13-14,17-18H,4-5,10-12H2,1-3H3/t14-,17-/m1/s1. The molecule has 0 spiro atoms. The Morgan fingerprint density at radius 2 is 2.00 bits per heavy atom. The van der Waals surface area contributed by atoms with Crippen molar-refractivity contribution in [3.8, 4) is 5.75 Å². The molecule has 2 rings (SSSR count). The highest BCUT2D eigenvalue weighted by Gasteiger charge is 2.16. The summed E-state index contributed by atoms with van der Waals surface area (Å²) in [5.74, 6) is 1.51. The fraction of sp³-hybridized carbons (Fsp3) is 0.647. The Kier molecular flexibility index (Phi) is 5.86. The SMILES string of the molecule is CC(C)COc1ccc([C@@H](C)NC[C@H]2CCCO2)cc1. The van der Waals surface area contributed by atoms with Crippen LogP contribution in [0.5, 0.6) is 5.75 Å². The van der Waals surface area contributed by atoms with Crippen LogP contribution in [0.3, 0.4) is 0 Å². The summed E-state index contributed by atoms with van der Waals surface area (Å²) in [4.78, 5) is 0. The second-order valence-corrected chi connectivity index (χ2v) is 6.04. The normalized spacial score (nSPS) is 20.3. The highest BCUT2D eigenvalue weighted by Crippen LogP contribution is 2.19. The minimum absolute atomic E-state index is 0.346. The molecule has 2 atom stereocenters. The van der Waals surface area contributed by atoms with Crippen LogP contribution in [0.25, 0.3) is 0 Å². The van der Waals surface area contributed by atoms with Crippen LogP contribution in [0, 0.1) is 5.92 Å². The molecule has 0 aromatic heterocycles. The lowest BCUT2D eigenvalue weighted by atomic mass is 10.1. The molecule has 1 aromatic rings. The largest absolute Gasteiger partial charge is 0.493 e. The molecular formula is C17H27NO2. The number of benzene rings is 1. The molecule has 1 saturated heterocycles. The summed E-state index contributed by atoms with van der Waals surface area (Å²) in [5.41, 5.74) is 1.29. The van der Waals surface area contributed by atoms with E-state index in [0.717, 1.165) is 25.5 Å². The monoisotopic (exact) mass is 277 g/mol. The first-order chi connectivity index (χ1) is 9.65. The molecule has 0 unspecified atom stereocenters. The highest BCUT2D eigenvalue weighted by molar-refractivity contribution is 5.28. The van der Waals surface area contributed by atoms with Gasteiger partial charge in [0.15, 0.2) is 0 Å². The summed E-state index contributed by atoms with van der Waals surface area (Å²) in [6.45, 7) is 9.14. The van der Waals surface area contributed by atoms with E-state index < -0.39 is 0 Å². The molecule has 0 radical (unpaired) electrons. The van der Waals surface area contributed by atoms with Gasteiger partial charge in [0, 0.05) is 19.2 Å². The van der Waals surface area contributed by atoms with Gasteiger partial charge in [-0.3, -0.25) is 0 Å². The molecule has 1 aliphatic heterocycles. The van der Waals surface area contributed by atoms with Crippen molar-refractivity contribution in [1.29, 1.82) is 0 Å². The van der Waals surface area contributed by atoms with Crippen LogP contribution in [0.15, 0.2) is 24.3 Å². The second kappa shape index (κ2) is 7.65. The van der Waals surface area contributed by atoms with E-state index in [1.807, 2.05) is 0 Å². The predicted molar refractivity (Wildman–Crippen MR) is 82.2 cm³/mol. The molecular weight excluding hydrogens is 250 g/mol. The second-order valence-electron chi connectivity index (χ2n) is 6.04. The van der Waals surface area contributed by atoms with Crippen molar-refractivity contribution >= 4 is 0 Å². The van der Waals surface area contributed by atoms with Crippen molar-refractivity contribution in [2.75, 3.05) is 19.8 Å². The summed E-state index contributed by atoms with van der Waals surface area (Å²) in [6.07, 6.45) is 2.77. The predicted octanol–water partition coefficient (Wildman–Crippen LogP) is 3.55.